The van der Waals surface area contributed by atoms with Gasteiger partial charge in [-0.25, -0.2) is 9.97 Å². The Balaban J connectivity index is 2.10. The maximum atomic E-state index is 4.49. The van der Waals surface area contributed by atoms with Crippen molar-refractivity contribution in [2.45, 2.75) is 26.8 Å². The Morgan fingerprint density at radius 2 is 1.95 bits per heavy atom. The first kappa shape index (κ1) is 14.3. The summed E-state index contributed by atoms with van der Waals surface area (Å²) in [5, 5.41) is 8.65. The van der Waals surface area contributed by atoms with Crippen molar-refractivity contribution in [3.8, 4) is 0 Å². The van der Waals surface area contributed by atoms with Gasteiger partial charge in [-0.2, -0.15) is 0 Å². The SMILES string of the molecule is CCNc1cc(NCc2sccc2Br)nc(CC)n1. The molecular weight excluding hydrogens is 324 g/mol. The van der Waals surface area contributed by atoms with Gasteiger partial charge in [-0.05, 0) is 34.3 Å². The number of rotatable bonds is 6. The molecule has 2 rings (SSSR count). The Morgan fingerprint density at radius 3 is 2.53 bits per heavy atom. The van der Waals surface area contributed by atoms with Crippen molar-refractivity contribution in [2.24, 2.45) is 0 Å². The lowest BCUT2D eigenvalue weighted by Gasteiger charge is -2.09. The average Bonchev–Trinajstić information content (AvgIpc) is 2.82. The smallest absolute Gasteiger partial charge is 0.132 e. The number of thiophene rings is 1. The zero-order valence-corrected chi connectivity index (χ0v) is 13.4. The van der Waals surface area contributed by atoms with Crippen LogP contribution in [0.1, 0.15) is 24.5 Å². The number of aryl methyl sites for hydroxylation is 1. The number of aromatic nitrogens is 2. The summed E-state index contributed by atoms with van der Waals surface area (Å²) in [6.45, 7) is 5.74. The Kier molecular flexibility index (Phi) is 5.15. The molecule has 19 heavy (non-hydrogen) atoms. The van der Waals surface area contributed by atoms with Crippen LogP contribution < -0.4 is 10.6 Å². The van der Waals surface area contributed by atoms with Crippen molar-refractivity contribution in [1.82, 2.24) is 9.97 Å². The molecule has 0 bridgehead atoms. The molecule has 0 atom stereocenters. The van der Waals surface area contributed by atoms with Crippen LogP contribution in [0.25, 0.3) is 0 Å². The highest BCUT2D eigenvalue weighted by Crippen LogP contribution is 2.23. The zero-order chi connectivity index (χ0) is 13.7. The molecule has 0 amide bonds. The molecule has 0 aromatic carbocycles. The quantitative estimate of drug-likeness (QED) is 0.836. The normalized spacial score (nSPS) is 10.5. The zero-order valence-electron chi connectivity index (χ0n) is 11.0. The fourth-order valence-corrected chi connectivity index (χ4v) is 3.07. The molecule has 0 aliphatic carbocycles. The maximum absolute atomic E-state index is 4.49. The van der Waals surface area contributed by atoms with Gasteiger partial charge < -0.3 is 10.6 Å². The van der Waals surface area contributed by atoms with Gasteiger partial charge in [0.2, 0.25) is 0 Å². The first-order valence-electron chi connectivity index (χ1n) is 6.30. The van der Waals surface area contributed by atoms with Crippen molar-refractivity contribution in [3.63, 3.8) is 0 Å². The molecule has 0 fully saturated rings. The van der Waals surface area contributed by atoms with E-state index in [0.29, 0.717) is 0 Å². The summed E-state index contributed by atoms with van der Waals surface area (Å²) >= 11 is 5.26. The number of hydrogen-bond acceptors (Lipinski definition) is 5. The van der Waals surface area contributed by atoms with Crippen LogP contribution in [-0.2, 0) is 13.0 Å². The summed E-state index contributed by atoms with van der Waals surface area (Å²) in [5.41, 5.74) is 0. The second-order valence-corrected chi connectivity index (χ2v) is 5.84. The minimum atomic E-state index is 0.768. The van der Waals surface area contributed by atoms with Gasteiger partial charge in [-0.15, -0.1) is 11.3 Å². The summed E-state index contributed by atoms with van der Waals surface area (Å²) in [4.78, 5) is 10.2. The minimum Gasteiger partial charge on any atom is -0.370 e. The minimum absolute atomic E-state index is 0.768. The largest absolute Gasteiger partial charge is 0.370 e. The second-order valence-electron chi connectivity index (χ2n) is 3.98. The van der Waals surface area contributed by atoms with E-state index in [9.17, 15) is 0 Å². The Morgan fingerprint density at radius 1 is 1.21 bits per heavy atom. The summed E-state index contributed by atoms with van der Waals surface area (Å²) in [6, 6.07) is 4.01. The van der Waals surface area contributed by atoms with Crippen molar-refractivity contribution in [1.29, 1.82) is 0 Å². The molecule has 0 unspecified atom stereocenters. The van der Waals surface area contributed by atoms with Crippen LogP contribution in [0.4, 0.5) is 11.6 Å². The van der Waals surface area contributed by atoms with Gasteiger partial charge in [0.1, 0.15) is 17.5 Å². The van der Waals surface area contributed by atoms with Gasteiger partial charge in [0, 0.05) is 28.4 Å². The predicted molar refractivity (Wildman–Crippen MR) is 84.9 cm³/mol. The third kappa shape index (κ3) is 3.91. The number of halogens is 1. The van der Waals surface area contributed by atoms with Crippen molar-refractivity contribution < 1.29 is 0 Å². The average molecular weight is 341 g/mol. The molecule has 2 N–H and O–H groups in total. The van der Waals surface area contributed by atoms with Crippen LogP contribution in [0.3, 0.4) is 0 Å². The van der Waals surface area contributed by atoms with Gasteiger partial charge >= 0.3 is 0 Å². The van der Waals surface area contributed by atoms with E-state index in [1.807, 2.05) is 6.07 Å². The van der Waals surface area contributed by atoms with E-state index in [0.717, 1.165) is 41.4 Å². The van der Waals surface area contributed by atoms with Crippen LogP contribution in [0.15, 0.2) is 22.0 Å². The summed E-state index contributed by atoms with van der Waals surface area (Å²) < 4.78 is 1.14. The molecule has 0 spiro atoms. The molecule has 0 saturated heterocycles. The van der Waals surface area contributed by atoms with E-state index < -0.39 is 0 Å². The second kappa shape index (κ2) is 6.86. The van der Waals surface area contributed by atoms with Crippen LogP contribution in [-0.4, -0.2) is 16.5 Å². The first-order chi connectivity index (χ1) is 9.22. The highest BCUT2D eigenvalue weighted by molar-refractivity contribution is 9.10. The fourth-order valence-electron chi connectivity index (χ4n) is 1.64. The third-order valence-electron chi connectivity index (χ3n) is 2.57. The van der Waals surface area contributed by atoms with Gasteiger partial charge in [0.05, 0.1) is 6.54 Å². The number of nitrogens with zero attached hydrogens (tertiary/aromatic N) is 2. The van der Waals surface area contributed by atoms with Crippen molar-refractivity contribution in [3.05, 3.63) is 32.7 Å². The molecule has 2 aromatic rings. The summed E-state index contributed by atoms with van der Waals surface area (Å²) in [6.07, 6.45) is 0.830. The van der Waals surface area contributed by atoms with E-state index in [2.05, 4.69) is 61.8 Å². The van der Waals surface area contributed by atoms with Crippen molar-refractivity contribution >= 4 is 38.9 Å². The predicted octanol–water partition coefficient (Wildman–Crippen LogP) is 3.91. The Hall–Kier alpha value is -1.14. The molecule has 2 aromatic heterocycles. The third-order valence-corrected chi connectivity index (χ3v) is 4.49. The van der Waals surface area contributed by atoms with E-state index in [1.165, 1.54) is 4.88 Å². The molecule has 2 heterocycles. The lowest BCUT2D eigenvalue weighted by atomic mass is 10.4. The van der Waals surface area contributed by atoms with Gasteiger partial charge in [-0.3, -0.25) is 0 Å². The van der Waals surface area contributed by atoms with Crippen molar-refractivity contribution in [2.75, 3.05) is 17.2 Å². The molecule has 0 radical (unpaired) electrons. The standard InChI is InChI=1S/C13H17BrN4S/c1-3-11-17-12(15-4-2)7-13(18-11)16-8-10-9(14)5-6-19-10/h5-7H,3-4,8H2,1-2H3,(H2,15,16,17,18). The van der Waals surface area contributed by atoms with Crippen LogP contribution in [0.2, 0.25) is 0 Å². The van der Waals surface area contributed by atoms with Crippen LogP contribution >= 0.6 is 27.3 Å². The van der Waals surface area contributed by atoms with Gasteiger partial charge in [-0.1, -0.05) is 6.92 Å². The monoisotopic (exact) mass is 340 g/mol. The van der Waals surface area contributed by atoms with Crippen LogP contribution in [0.5, 0.6) is 0 Å². The Bertz CT molecular complexity index is 541. The van der Waals surface area contributed by atoms with Crippen LogP contribution in [0, 0.1) is 0 Å². The highest BCUT2D eigenvalue weighted by Gasteiger charge is 2.05. The number of anilines is 2. The maximum Gasteiger partial charge on any atom is 0.132 e. The molecule has 0 aliphatic rings. The number of hydrogen-bond donors (Lipinski definition) is 2. The fraction of sp³-hybridized carbons (Fsp3) is 0.385. The lowest BCUT2D eigenvalue weighted by Crippen LogP contribution is -2.07. The lowest BCUT2D eigenvalue weighted by molar-refractivity contribution is 0.930. The summed E-state index contributed by atoms with van der Waals surface area (Å²) in [5.74, 6) is 2.59. The molecule has 4 nitrogen and oxygen atoms in total. The van der Waals surface area contributed by atoms with Gasteiger partial charge in [0.25, 0.3) is 0 Å². The first-order valence-corrected chi connectivity index (χ1v) is 7.97. The van der Waals surface area contributed by atoms with E-state index >= 15 is 0 Å². The molecule has 102 valence electrons. The van der Waals surface area contributed by atoms with E-state index in [4.69, 9.17) is 0 Å². The number of nitrogens with one attached hydrogen (secondary N) is 2. The highest BCUT2D eigenvalue weighted by atomic mass is 79.9. The molecule has 0 saturated carbocycles. The molecular formula is C13H17BrN4S. The van der Waals surface area contributed by atoms with Gasteiger partial charge in [0.15, 0.2) is 0 Å². The topological polar surface area (TPSA) is 49.8 Å². The molecule has 6 heteroatoms. The van der Waals surface area contributed by atoms with E-state index in [-0.39, 0.29) is 0 Å². The van der Waals surface area contributed by atoms with E-state index in [1.54, 1.807) is 11.3 Å². The Labute approximate surface area is 125 Å². The summed E-state index contributed by atoms with van der Waals surface area (Å²) in [7, 11) is 0. The molecule has 0 aliphatic heterocycles.